The van der Waals surface area contributed by atoms with Crippen molar-refractivity contribution in [2.24, 2.45) is 5.73 Å². The second kappa shape index (κ2) is 9.66. The van der Waals surface area contributed by atoms with Crippen LogP contribution in [0, 0.1) is 0 Å². The number of alkyl halides is 3. The number of carbonyl (C=O) groups excluding carboxylic acids is 1. The topological polar surface area (TPSA) is 58.4 Å². The average Bonchev–Trinajstić information content (AvgIpc) is 2.41. The van der Waals surface area contributed by atoms with Crippen molar-refractivity contribution < 1.29 is 18.0 Å². The van der Waals surface area contributed by atoms with Crippen LogP contribution in [0.25, 0.3) is 0 Å². The van der Waals surface area contributed by atoms with Crippen molar-refractivity contribution in [1.82, 2.24) is 10.2 Å². The molecule has 0 bridgehead atoms. The van der Waals surface area contributed by atoms with Crippen molar-refractivity contribution in [1.29, 1.82) is 0 Å². The second-order valence-electron chi connectivity index (χ2n) is 4.86. The zero-order chi connectivity index (χ0) is 15.9. The highest BCUT2D eigenvalue weighted by Gasteiger charge is 2.28. The Balaban J connectivity index is 0.00000441. The first-order valence-corrected chi connectivity index (χ1v) is 6.64. The maximum atomic E-state index is 12.1. The monoisotopic (exact) mass is 339 g/mol. The van der Waals surface area contributed by atoms with Gasteiger partial charge in [-0.1, -0.05) is 12.1 Å². The molecule has 0 aromatic heterocycles. The van der Waals surface area contributed by atoms with E-state index in [0.29, 0.717) is 25.1 Å². The predicted octanol–water partition coefficient (Wildman–Crippen LogP) is 2.18. The molecule has 0 atom stereocenters. The summed E-state index contributed by atoms with van der Waals surface area (Å²) in [6.07, 6.45) is -3.73. The molecular formula is C14H21ClF3N3O. The minimum absolute atomic E-state index is 0. The molecule has 4 nitrogen and oxygen atoms in total. The third-order valence-corrected chi connectivity index (χ3v) is 2.90. The van der Waals surface area contributed by atoms with Crippen molar-refractivity contribution >= 4 is 18.3 Å². The molecule has 3 N–H and O–H groups in total. The van der Waals surface area contributed by atoms with Crippen LogP contribution in [0.15, 0.2) is 24.3 Å². The molecule has 126 valence electrons. The summed E-state index contributed by atoms with van der Waals surface area (Å²) in [5.41, 5.74) is 6.90. The lowest BCUT2D eigenvalue weighted by atomic mass is 10.1. The molecule has 0 aliphatic carbocycles. The van der Waals surface area contributed by atoms with Crippen LogP contribution in [0.3, 0.4) is 0 Å². The minimum Gasteiger partial charge on any atom is -0.352 e. The van der Waals surface area contributed by atoms with Gasteiger partial charge in [0.05, 0.1) is 6.54 Å². The van der Waals surface area contributed by atoms with E-state index in [1.807, 2.05) is 0 Å². The molecule has 1 aromatic rings. The van der Waals surface area contributed by atoms with E-state index in [4.69, 9.17) is 5.73 Å². The summed E-state index contributed by atoms with van der Waals surface area (Å²) in [4.78, 5) is 13.0. The highest BCUT2D eigenvalue weighted by Crippen LogP contribution is 2.15. The molecule has 1 amide bonds. The third-order valence-electron chi connectivity index (χ3n) is 2.90. The van der Waals surface area contributed by atoms with Gasteiger partial charge in [-0.2, -0.15) is 13.2 Å². The fraction of sp³-hybridized carbons (Fsp3) is 0.500. The smallest absolute Gasteiger partial charge is 0.352 e. The summed E-state index contributed by atoms with van der Waals surface area (Å²) in [6, 6.07) is 6.89. The first-order valence-electron chi connectivity index (χ1n) is 6.64. The van der Waals surface area contributed by atoms with Gasteiger partial charge < -0.3 is 11.1 Å². The van der Waals surface area contributed by atoms with Crippen molar-refractivity contribution in [3.63, 3.8) is 0 Å². The molecule has 0 heterocycles. The summed E-state index contributed by atoms with van der Waals surface area (Å²) in [7, 11) is 1.40. The summed E-state index contributed by atoms with van der Waals surface area (Å²) in [6.45, 7) is 0.0699. The van der Waals surface area contributed by atoms with Crippen LogP contribution in [0.5, 0.6) is 0 Å². The summed E-state index contributed by atoms with van der Waals surface area (Å²) < 4.78 is 36.3. The van der Waals surface area contributed by atoms with Gasteiger partial charge in [0.15, 0.2) is 0 Å². The van der Waals surface area contributed by atoms with E-state index in [1.165, 1.54) is 11.9 Å². The number of benzene rings is 1. The highest BCUT2D eigenvalue weighted by molar-refractivity contribution is 5.94. The third kappa shape index (κ3) is 8.21. The number of nitrogens with two attached hydrogens (primary N) is 1. The van der Waals surface area contributed by atoms with Crippen LogP contribution in [0.2, 0.25) is 0 Å². The number of nitrogens with zero attached hydrogens (tertiary/aromatic N) is 1. The van der Waals surface area contributed by atoms with Gasteiger partial charge in [0.25, 0.3) is 5.91 Å². The van der Waals surface area contributed by atoms with Crippen molar-refractivity contribution in [3.8, 4) is 0 Å². The van der Waals surface area contributed by atoms with E-state index in [9.17, 15) is 18.0 Å². The Morgan fingerprint density at radius 3 is 2.36 bits per heavy atom. The highest BCUT2D eigenvalue weighted by atomic mass is 35.5. The molecule has 0 fully saturated rings. The lowest BCUT2D eigenvalue weighted by molar-refractivity contribution is -0.143. The first-order chi connectivity index (χ1) is 9.81. The van der Waals surface area contributed by atoms with E-state index < -0.39 is 12.7 Å². The van der Waals surface area contributed by atoms with Crippen molar-refractivity contribution in [2.45, 2.75) is 19.1 Å². The van der Waals surface area contributed by atoms with Gasteiger partial charge in [-0.05, 0) is 37.7 Å². The van der Waals surface area contributed by atoms with Crippen LogP contribution in [0.1, 0.15) is 22.3 Å². The molecule has 0 aliphatic heterocycles. The van der Waals surface area contributed by atoms with Gasteiger partial charge in [-0.15, -0.1) is 12.4 Å². The second-order valence-corrected chi connectivity index (χ2v) is 4.86. The number of hydrogen-bond acceptors (Lipinski definition) is 3. The fourth-order valence-corrected chi connectivity index (χ4v) is 1.83. The summed E-state index contributed by atoms with van der Waals surface area (Å²) in [5.74, 6) is -0.239. The number of rotatable bonds is 7. The normalized spacial score (nSPS) is 11.2. The van der Waals surface area contributed by atoms with Crippen LogP contribution in [0.4, 0.5) is 13.2 Å². The Morgan fingerprint density at radius 1 is 1.27 bits per heavy atom. The molecule has 0 saturated carbocycles. The number of carbonyl (C=O) groups is 1. The standard InChI is InChI=1S/C14H20F3N3O.ClH/c1-20(10-14(15,16)17)8-2-7-19-13(21)12-5-3-11(9-18)4-6-12;/h3-6H,2,7-10,18H2,1H3,(H,19,21);1H. The Labute approximate surface area is 134 Å². The Morgan fingerprint density at radius 2 is 1.86 bits per heavy atom. The molecule has 22 heavy (non-hydrogen) atoms. The molecule has 1 aromatic carbocycles. The first kappa shape index (κ1) is 20.7. The molecule has 0 radical (unpaired) electrons. The Kier molecular flexibility index (Phi) is 9.08. The van der Waals surface area contributed by atoms with Gasteiger partial charge in [0.2, 0.25) is 0 Å². The average molecular weight is 340 g/mol. The Bertz CT molecular complexity index is 452. The van der Waals surface area contributed by atoms with Gasteiger partial charge in [-0.3, -0.25) is 9.69 Å². The van der Waals surface area contributed by atoms with E-state index in [2.05, 4.69) is 5.32 Å². The maximum Gasteiger partial charge on any atom is 0.401 e. The van der Waals surface area contributed by atoms with Crippen LogP contribution >= 0.6 is 12.4 Å². The SMILES string of the molecule is CN(CCCNC(=O)c1ccc(CN)cc1)CC(F)(F)F.Cl. The lowest BCUT2D eigenvalue weighted by Gasteiger charge is -2.18. The number of hydrogen-bond donors (Lipinski definition) is 2. The molecule has 0 spiro atoms. The van der Waals surface area contributed by atoms with Gasteiger partial charge in [-0.25, -0.2) is 0 Å². The maximum absolute atomic E-state index is 12.1. The van der Waals surface area contributed by atoms with Crippen LogP contribution in [-0.2, 0) is 6.54 Å². The summed E-state index contributed by atoms with van der Waals surface area (Å²) >= 11 is 0. The largest absolute Gasteiger partial charge is 0.401 e. The number of halogens is 4. The zero-order valence-electron chi connectivity index (χ0n) is 12.3. The van der Waals surface area contributed by atoms with E-state index >= 15 is 0 Å². The van der Waals surface area contributed by atoms with Crippen LogP contribution < -0.4 is 11.1 Å². The van der Waals surface area contributed by atoms with Gasteiger partial charge in [0.1, 0.15) is 0 Å². The fourth-order valence-electron chi connectivity index (χ4n) is 1.83. The summed E-state index contributed by atoms with van der Waals surface area (Å²) in [5, 5.41) is 2.68. The van der Waals surface area contributed by atoms with Gasteiger partial charge >= 0.3 is 6.18 Å². The Hall–Kier alpha value is -1.31. The van der Waals surface area contributed by atoms with E-state index in [1.54, 1.807) is 24.3 Å². The molecule has 0 aliphatic rings. The van der Waals surface area contributed by atoms with E-state index in [-0.39, 0.29) is 24.9 Å². The molecule has 0 saturated heterocycles. The van der Waals surface area contributed by atoms with Crippen molar-refractivity contribution in [3.05, 3.63) is 35.4 Å². The lowest BCUT2D eigenvalue weighted by Crippen LogP contribution is -2.33. The van der Waals surface area contributed by atoms with Gasteiger partial charge in [0, 0.05) is 18.7 Å². The predicted molar refractivity (Wildman–Crippen MR) is 82.1 cm³/mol. The molecular weight excluding hydrogens is 319 g/mol. The zero-order valence-corrected chi connectivity index (χ0v) is 13.1. The van der Waals surface area contributed by atoms with Crippen LogP contribution in [-0.4, -0.2) is 43.7 Å². The molecule has 1 rings (SSSR count). The molecule has 0 unspecified atom stereocenters. The number of nitrogens with one attached hydrogen (secondary N) is 1. The quantitative estimate of drug-likeness (QED) is 0.749. The minimum atomic E-state index is -4.19. The number of amides is 1. The molecule has 8 heteroatoms. The van der Waals surface area contributed by atoms with E-state index in [0.717, 1.165) is 5.56 Å². The van der Waals surface area contributed by atoms with Crippen molar-refractivity contribution in [2.75, 3.05) is 26.7 Å².